The smallest absolute Gasteiger partial charge is 0.335 e. The van der Waals surface area contributed by atoms with E-state index in [1.807, 2.05) is 20.8 Å². The predicted molar refractivity (Wildman–Crippen MR) is 50.3 cm³/mol. The first-order valence-corrected chi connectivity index (χ1v) is 4.36. The minimum absolute atomic E-state index is 0.353. The van der Waals surface area contributed by atoms with Crippen LogP contribution in [-0.4, -0.2) is 31.3 Å². The van der Waals surface area contributed by atoms with E-state index in [1.54, 1.807) is 0 Å². The highest BCUT2D eigenvalue weighted by Gasteiger charge is 2.24. The number of esters is 1. The van der Waals surface area contributed by atoms with E-state index in [0.717, 1.165) is 0 Å². The molecule has 0 saturated heterocycles. The Bertz CT molecular complexity index is 163. The van der Waals surface area contributed by atoms with Crippen molar-refractivity contribution in [2.75, 3.05) is 13.7 Å². The van der Waals surface area contributed by atoms with E-state index in [9.17, 15) is 4.79 Å². The fraction of sp³-hybridized carbons (Fsp3) is 0.889. The van der Waals surface area contributed by atoms with Gasteiger partial charge < -0.3 is 15.2 Å². The number of nitrogens with two attached hydrogens (primary N) is 1. The summed E-state index contributed by atoms with van der Waals surface area (Å²) in [6.07, 6.45) is -0.0563. The van der Waals surface area contributed by atoms with Crippen molar-refractivity contribution in [1.29, 1.82) is 0 Å². The van der Waals surface area contributed by atoms with Crippen molar-refractivity contribution in [1.82, 2.24) is 0 Å². The second kappa shape index (κ2) is 5.19. The quantitative estimate of drug-likeness (QED) is 0.661. The lowest BCUT2D eigenvalue weighted by Gasteiger charge is -2.25. The Morgan fingerprint density at radius 2 is 2.00 bits per heavy atom. The van der Waals surface area contributed by atoms with Crippen LogP contribution in [0.3, 0.4) is 0 Å². The number of carbonyl (C=O) groups is 1. The number of methoxy groups -OCH3 is 1. The van der Waals surface area contributed by atoms with E-state index in [-0.39, 0.29) is 11.6 Å². The maximum absolute atomic E-state index is 11.2. The largest absolute Gasteiger partial charge is 0.467 e. The van der Waals surface area contributed by atoms with Crippen LogP contribution in [0, 0.1) is 0 Å². The monoisotopic (exact) mass is 189 g/mol. The molecule has 0 aromatic rings. The summed E-state index contributed by atoms with van der Waals surface area (Å²) in [5.41, 5.74) is 5.00. The Morgan fingerprint density at radius 1 is 1.46 bits per heavy atom. The third-order valence-electron chi connectivity index (χ3n) is 1.39. The number of carbonyl (C=O) groups excluding carboxylic acids is 1. The standard InChI is InChI=1S/C9H19NO3/c1-9(2,3)13-7(5-6-10)8(11)12-4/h7H,5-6,10H2,1-4H3/t7-/m0/s1. The normalized spacial score (nSPS) is 13.9. The van der Waals surface area contributed by atoms with Crippen molar-refractivity contribution >= 4 is 5.97 Å². The topological polar surface area (TPSA) is 61.5 Å². The molecule has 1 atom stereocenters. The van der Waals surface area contributed by atoms with Crippen molar-refractivity contribution in [3.63, 3.8) is 0 Å². The summed E-state index contributed by atoms with van der Waals surface area (Å²) in [6.45, 7) is 6.08. The zero-order chi connectivity index (χ0) is 10.5. The van der Waals surface area contributed by atoms with Crippen LogP contribution in [0.5, 0.6) is 0 Å². The fourth-order valence-electron chi connectivity index (χ4n) is 0.934. The predicted octanol–water partition coefficient (Wildman–Crippen LogP) is 0.692. The molecule has 0 fully saturated rings. The summed E-state index contributed by atoms with van der Waals surface area (Å²) in [5, 5.41) is 0. The van der Waals surface area contributed by atoms with E-state index < -0.39 is 6.10 Å². The van der Waals surface area contributed by atoms with E-state index in [0.29, 0.717) is 13.0 Å². The molecule has 0 radical (unpaired) electrons. The second-order valence-corrected chi connectivity index (χ2v) is 3.82. The minimum atomic E-state index is -0.546. The minimum Gasteiger partial charge on any atom is -0.467 e. The van der Waals surface area contributed by atoms with Crippen LogP contribution in [0.15, 0.2) is 0 Å². The van der Waals surface area contributed by atoms with E-state index in [1.165, 1.54) is 7.11 Å². The zero-order valence-corrected chi connectivity index (χ0v) is 8.79. The van der Waals surface area contributed by atoms with Gasteiger partial charge in [-0.05, 0) is 33.7 Å². The van der Waals surface area contributed by atoms with Gasteiger partial charge in [-0.2, -0.15) is 0 Å². The van der Waals surface area contributed by atoms with Crippen molar-refractivity contribution < 1.29 is 14.3 Å². The molecule has 0 spiro atoms. The Kier molecular flexibility index (Phi) is 4.95. The van der Waals surface area contributed by atoms with Crippen molar-refractivity contribution in [3.8, 4) is 0 Å². The van der Waals surface area contributed by atoms with Crippen molar-refractivity contribution in [3.05, 3.63) is 0 Å². The molecule has 0 rings (SSSR count). The van der Waals surface area contributed by atoms with Crippen LogP contribution in [-0.2, 0) is 14.3 Å². The third-order valence-corrected chi connectivity index (χ3v) is 1.39. The zero-order valence-electron chi connectivity index (χ0n) is 8.79. The van der Waals surface area contributed by atoms with Gasteiger partial charge in [-0.3, -0.25) is 0 Å². The molecule has 0 saturated carbocycles. The highest BCUT2D eigenvalue weighted by Crippen LogP contribution is 2.13. The van der Waals surface area contributed by atoms with E-state index in [2.05, 4.69) is 4.74 Å². The molecule has 0 aliphatic carbocycles. The summed E-state index contributed by atoms with van der Waals surface area (Å²) in [7, 11) is 1.35. The molecule has 0 aromatic carbocycles. The molecule has 13 heavy (non-hydrogen) atoms. The summed E-state index contributed by atoms with van der Waals surface area (Å²) in [4.78, 5) is 11.2. The summed E-state index contributed by atoms with van der Waals surface area (Å²) < 4.78 is 10.1. The van der Waals surface area contributed by atoms with Gasteiger partial charge in [0, 0.05) is 0 Å². The van der Waals surface area contributed by atoms with Gasteiger partial charge in [0.25, 0.3) is 0 Å². The van der Waals surface area contributed by atoms with Crippen LogP contribution in [0.25, 0.3) is 0 Å². The lowest BCUT2D eigenvalue weighted by molar-refractivity contribution is -0.163. The van der Waals surface area contributed by atoms with Gasteiger partial charge in [0.1, 0.15) is 0 Å². The Balaban J connectivity index is 4.17. The maximum atomic E-state index is 11.2. The van der Waals surface area contributed by atoms with Gasteiger partial charge in [-0.15, -0.1) is 0 Å². The lowest BCUT2D eigenvalue weighted by Crippen LogP contribution is -2.35. The SMILES string of the molecule is COC(=O)[C@H](CCN)OC(C)(C)C. The highest BCUT2D eigenvalue weighted by atomic mass is 16.6. The molecule has 0 aliphatic heterocycles. The number of hydrogen-bond donors (Lipinski definition) is 1. The Hall–Kier alpha value is -0.610. The first-order chi connectivity index (χ1) is 5.90. The molecule has 4 nitrogen and oxygen atoms in total. The van der Waals surface area contributed by atoms with Gasteiger partial charge in [-0.25, -0.2) is 4.79 Å². The third kappa shape index (κ3) is 5.60. The van der Waals surface area contributed by atoms with Crippen molar-refractivity contribution in [2.45, 2.75) is 38.9 Å². The molecular formula is C9H19NO3. The van der Waals surface area contributed by atoms with E-state index in [4.69, 9.17) is 10.5 Å². The number of hydrogen-bond acceptors (Lipinski definition) is 4. The molecule has 78 valence electrons. The Morgan fingerprint density at radius 3 is 2.31 bits per heavy atom. The van der Waals surface area contributed by atoms with Crippen LogP contribution in [0.1, 0.15) is 27.2 Å². The van der Waals surface area contributed by atoms with Crippen LogP contribution in [0.4, 0.5) is 0 Å². The first-order valence-electron chi connectivity index (χ1n) is 4.36. The fourth-order valence-corrected chi connectivity index (χ4v) is 0.934. The molecule has 0 amide bonds. The number of rotatable bonds is 4. The molecule has 0 aliphatic rings. The van der Waals surface area contributed by atoms with Gasteiger partial charge in [0.05, 0.1) is 12.7 Å². The number of ether oxygens (including phenoxy) is 2. The van der Waals surface area contributed by atoms with Gasteiger partial charge in [-0.1, -0.05) is 0 Å². The second-order valence-electron chi connectivity index (χ2n) is 3.82. The first kappa shape index (κ1) is 12.4. The van der Waals surface area contributed by atoms with Crippen LogP contribution in [0.2, 0.25) is 0 Å². The summed E-state index contributed by atoms with van der Waals surface area (Å²) >= 11 is 0. The Labute approximate surface area is 79.4 Å². The molecule has 4 heteroatoms. The van der Waals surface area contributed by atoms with Gasteiger partial charge >= 0.3 is 5.97 Å². The highest BCUT2D eigenvalue weighted by molar-refractivity contribution is 5.74. The lowest BCUT2D eigenvalue weighted by atomic mass is 10.1. The molecule has 0 bridgehead atoms. The average Bonchev–Trinajstić information content (AvgIpc) is 2.00. The van der Waals surface area contributed by atoms with Gasteiger partial charge in [0.15, 0.2) is 6.10 Å². The molecular weight excluding hydrogens is 170 g/mol. The van der Waals surface area contributed by atoms with Gasteiger partial charge in [0.2, 0.25) is 0 Å². The molecule has 2 N–H and O–H groups in total. The summed E-state index contributed by atoms with van der Waals surface area (Å²) in [5.74, 6) is -0.361. The van der Waals surface area contributed by atoms with Crippen LogP contribution >= 0.6 is 0 Å². The van der Waals surface area contributed by atoms with Crippen molar-refractivity contribution in [2.24, 2.45) is 5.73 Å². The summed E-state index contributed by atoms with van der Waals surface area (Å²) in [6, 6.07) is 0. The molecule has 0 unspecified atom stereocenters. The molecule has 0 heterocycles. The van der Waals surface area contributed by atoms with E-state index >= 15 is 0 Å². The average molecular weight is 189 g/mol. The maximum Gasteiger partial charge on any atom is 0.335 e. The molecule has 0 aromatic heterocycles. The van der Waals surface area contributed by atoms with Crippen LogP contribution < -0.4 is 5.73 Å².